The van der Waals surface area contributed by atoms with Gasteiger partial charge in [0.15, 0.2) is 0 Å². The van der Waals surface area contributed by atoms with Crippen LogP contribution in [0.4, 0.5) is 0 Å². The molecule has 0 fully saturated rings. The van der Waals surface area contributed by atoms with Gasteiger partial charge in [-0.05, 0) is 25.5 Å². The molecule has 1 aliphatic heterocycles. The van der Waals surface area contributed by atoms with E-state index in [4.69, 9.17) is 6.11 Å². The summed E-state index contributed by atoms with van der Waals surface area (Å²) < 4.78 is 13.2. The lowest BCUT2D eigenvalue weighted by Gasteiger charge is -2.21. The van der Waals surface area contributed by atoms with Gasteiger partial charge in [-0.15, -0.1) is 0 Å². The lowest BCUT2D eigenvalue weighted by atomic mass is 9.97. The van der Waals surface area contributed by atoms with Gasteiger partial charge in [0.2, 0.25) is 0 Å². The van der Waals surface area contributed by atoms with Crippen LogP contribution in [0.2, 0.25) is 0 Å². The Kier molecular flexibility index (Phi) is 1.42. The second kappa shape index (κ2) is 2.59. The Morgan fingerprint density at radius 2 is 2.54 bits per heavy atom. The maximum atomic E-state index is 7.48. The van der Waals surface area contributed by atoms with Gasteiger partial charge in [-0.3, -0.25) is 4.98 Å². The predicted molar refractivity (Wildman–Crippen MR) is 52.0 cm³/mol. The van der Waals surface area contributed by atoms with Gasteiger partial charge < -0.3 is 4.74 Å². The highest BCUT2D eigenvalue weighted by Crippen LogP contribution is 2.42. The number of pyridine rings is 1. The van der Waals surface area contributed by atoms with E-state index in [1.165, 1.54) is 0 Å². The minimum absolute atomic E-state index is 0.279. The van der Waals surface area contributed by atoms with Gasteiger partial charge in [0.05, 0.1) is 7.06 Å². The molecular weight excluding hydrogens is 162 g/mol. The van der Waals surface area contributed by atoms with Gasteiger partial charge in [0.25, 0.3) is 0 Å². The van der Waals surface area contributed by atoms with Crippen molar-refractivity contribution < 1.29 is 6.11 Å². The SMILES string of the molecule is [2H]c1ccc2c(n1)[C@@](C)(CC)OC2=C. The quantitative estimate of drug-likeness (QED) is 0.656. The van der Waals surface area contributed by atoms with Crippen molar-refractivity contribution in [2.45, 2.75) is 25.9 Å². The number of nitrogens with zero attached hydrogens (tertiary/aromatic N) is 1. The third-order valence-electron chi connectivity index (χ3n) is 2.58. The average Bonchev–Trinajstić information content (AvgIpc) is 2.40. The first-order chi connectivity index (χ1) is 6.57. The van der Waals surface area contributed by atoms with Crippen LogP contribution >= 0.6 is 0 Å². The van der Waals surface area contributed by atoms with Gasteiger partial charge in [0.1, 0.15) is 11.4 Å². The number of rotatable bonds is 1. The molecule has 2 heterocycles. The summed E-state index contributed by atoms with van der Waals surface area (Å²) in [6.45, 7) is 7.87. The second-order valence-corrected chi connectivity index (χ2v) is 3.45. The molecular formula is C11H13NO. The predicted octanol–water partition coefficient (Wildman–Crippen LogP) is 2.71. The smallest absolute Gasteiger partial charge is 0.148 e. The van der Waals surface area contributed by atoms with Crippen LogP contribution in [0, 0.1) is 0 Å². The first-order valence-corrected chi connectivity index (χ1v) is 4.43. The van der Waals surface area contributed by atoms with Crippen LogP contribution in [-0.4, -0.2) is 4.98 Å². The van der Waals surface area contributed by atoms with Crippen LogP contribution in [0.15, 0.2) is 24.9 Å². The Morgan fingerprint density at radius 1 is 1.77 bits per heavy atom. The van der Waals surface area contributed by atoms with Crippen molar-refractivity contribution in [2.75, 3.05) is 0 Å². The number of aromatic nitrogens is 1. The molecule has 1 atom stereocenters. The van der Waals surface area contributed by atoms with Crippen LogP contribution < -0.4 is 0 Å². The second-order valence-electron chi connectivity index (χ2n) is 3.45. The van der Waals surface area contributed by atoms with Crippen LogP contribution in [0.5, 0.6) is 0 Å². The molecule has 2 rings (SSSR count). The summed E-state index contributed by atoms with van der Waals surface area (Å²) in [4.78, 5) is 4.21. The van der Waals surface area contributed by atoms with E-state index >= 15 is 0 Å². The minimum Gasteiger partial charge on any atom is -0.481 e. The molecule has 1 aromatic heterocycles. The van der Waals surface area contributed by atoms with E-state index in [9.17, 15) is 0 Å². The first kappa shape index (κ1) is 7.13. The molecule has 0 amide bonds. The molecule has 0 spiro atoms. The van der Waals surface area contributed by atoms with E-state index < -0.39 is 5.60 Å². The van der Waals surface area contributed by atoms with Gasteiger partial charge >= 0.3 is 0 Å². The fourth-order valence-corrected chi connectivity index (χ4v) is 1.60. The molecule has 68 valence electrons. The molecule has 0 unspecified atom stereocenters. The Labute approximate surface area is 79.7 Å². The molecule has 0 aromatic carbocycles. The van der Waals surface area contributed by atoms with Crippen molar-refractivity contribution >= 4 is 5.76 Å². The summed E-state index contributed by atoms with van der Waals surface area (Å²) >= 11 is 0. The molecule has 2 nitrogen and oxygen atoms in total. The van der Waals surface area contributed by atoms with Crippen molar-refractivity contribution in [3.8, 4) is 0 Å². The monoisotopic (exact) mass is 176 g/mol. The van der Waals surface area contributed by atoms with Gasteiger partial charge in [-0.2, -0.15) is 0 Å². The summed E-state index contributed by atoms with van der Waals surface area (Å²) in [5, 5.41) is 0. The van der Waals surface area contributed by atoms with Gasteiger partial charge in [-0.25, -0.2) is 0 Å². The van der Waals surface area contributed by atoms with Crippen molar-refractivity contribution in [3.05, 3.63) is 36.1 Å². The normalized spacial score (nSPS) is 26.6. The molecule has 0 aliphatic carbocycles. The highest BCUT2D eigenvalue weighted by molar-refractivity contribution is 5.64. The lowest BCUT2D eigenvalue weighted by molar-refractivity contribution is 0.0646. The van der Waals surface area contributed by atoms with E-state index in [-0.39, 0.29) is 6.17 Å². The van der Waals surface area contributed by atoms with E-state index in [0.29, 0.717) is 5.76 Å². The van der Waals surface area contributed by atoms with E-state index in [1.54, 1.807) is 6.07 Å². The van der Waals surface area contributed by atoms with Crippen LogP contribution in [0.1, 0.15) is 32.9 Å². The summed E-state index contributed by atoms with van der Waals surface area (Å²) in [6, 6.07) is 3.52. The topological polar surface area (TPSA) is 22.1 Å². The van der Waals surface area contributed by atoms with E-state index in [0.717, 1.165) is 17.7 Å². The number of ether oxygens (including phenoxy) is 1. The fraction of sp³-hybridized carbons (Fsp3) is 0.364. The Hall–Kier alpha value is -1.31. The van der Waals surface area contributed by atoms with E-state index in [1.807, 2.05) is 19.9 Å². The number of hydrogen-bond donors (Lipinski definition) is 0. The molecule has 13 heavy (non-hydrogen) atoms. The molecule has 0 N–H and O–H groups in total. The Balaban J connectivity index is 2.62. The largest absolute Gasteiger partial charge is 0.481 e. The lowest BCUT2D eigenvalue weighted by Crippen LogP contribution is -2.20. The average molecular weight is 176 g/mol. The van der Waals surface area contributed by atoms with Crippen molar-refractivity contribution in [1.29, 1.82) is 0 Å². The number of fused-ring (bicyclic) bond motifs is 1. The standard InChI is InChI=1S/C11H13NO/c1-4-11(3)10-9(8(2)13-11)6-5-7-12-10/h5-7H,2,4H2,1,3H3/t11-/m1/s1/i7D. The molecule has 2 heteroatoms. The molecule has 0 radical (unpaired) electrons. The van der Waals surface area contributed by atoms with Crippen LogP contribution in [-0.2, 0) is 10.3 Å². The molecule has 0 bridgehead atoms. The maximum absolute atomic E-state index is 7.48. The van der Waals surface area contributed by atoms with Crippen LogP contribution in [0.3, 0.4) is 0 Å². The van der Waals surface area contributed by atoms with Crippen molar-refractivity contribution in [1.82, 2.24) is 4.98 Å². The first-order valence-electron chi connectivity index (χ1n) is 4.93. The van der Waals surface area contributed by atoms with Gasteiger partial charge in [0, 0.05) is 11.7 Å². The summed E-state index contributed by atoms with van der Waals surface area (Å²) in [7, 11) is 0. The Morgan fingerprint density at radius 3 is 3.23 bits per heavy atom. The van der Waals surface area contributed by atoms with Crippen molar-refractivity contribution in [3.63, 3.8) is 0 Å². The highest BCUT2D eigenvalue weighted by Gasteiger charge is 2.38. The fourth-order valence-electron chi connectivity index (χ4n) is 1.60. The molecule has 1 aromatic rings. The maximum Gasteiger partial charge on any atom is 0.148 e. The Bertz CT molecular complexity index is 402. The van der Waals surface area contributed by atoms with Crippen LogP contribution in [0.25, 0.3) is 5.76 Å². The molecule has 0 saturated carbocycles. The zero-order valence-electron chi connectivity index (χ0n) is 8.92. The zero-order valence-corrected chi connectivity index (χ0v) is 7.92. The highest BCUT2D eigenvalue weighted by atomic mass is 16.5. The van der Waals surface area contributed by atoms with E-state index in [2.05, 4.69) is 11.6 Å². The molecule has 0 saturated heterocycles. The molecule has 1 aliphatic rings. The number of hydrogen-bond acceptors (Lipinski definition) is 2. The van der Waals surface area contributed by atoms with Gasteiger partial charge in [-0.1, -0.05) is 13.5 Å². The third-order valence-corrected chi connectivity index (χ3v) is 2.58. The third kappa shape index (κ3) is 1.05. The summed E-state index contributed by atoms with van der Waals surface area (Å²) in [5.41, 5.74) is 1.38. The summed E-state index contributed by atoms with van der Waals surface area (Å²) in [5.74, 6) is 0.664. The summed E-state index contributed by atoms with van der Waals surface area (Å²) in [6.07, 6.45) is 1.11. The van der Waals surface area contributed by atoms with Crippen molar-refractivity contribution in [2.24, 2.45) is 0 Å². The zero-order chi connectivity index (χ0) is 10.3. The minimum atomic E-state index is -0.399.